The number of carbonyl (C=O) groups is 4. The van der Waals surface area contributed by atoms with Crippen LogP contribution in [0.3, 0.4) is 0 Å². The van der Waals surface area contributed by atoms with Crippen LogP contribution < -0.4 is 20.4 Å². The summed E-state index contributed by atoms with van der Waals surface area (Å²) in [7, 11) is 1.80. The molecule has 0 saturated carbocycles. The monoisotopic (exact) mass is 907 g/mol. The quantitative estimate of drug-likeness (QED) is 0.139. The van der Waals surface area contributed by atoms with Gasteiger partial charge in [-0.15, -0.1) is 0 Å². The molecule has 0 saturated heterocycles. The molecule has 0 aromatic heterocycles. The summed E-state index contributed by atoms with van der Waals surface area (Å²) in [4.78, 5) is 63.2. The van der Waals surface area contributed by atoms with Gasteiger partial charge in [0, 0.05) is 13.1 Å². The Morgan fingerprint density at radius 1 is 0.606 bits per heavy atom. The largest absolute Gasteiger partial charge is 0.416 e. The molecule has 338 valence electrons. The van der Waals surface area contributed by atoms with Crippen LogP contribution in [0, 0.1) is 22.7 Å². The smallest absolute Gasteiger partial charge is 0.347 e. The highest BCUT2D eigenvalue weighted by molar-refractivity contribution is 6.08. The predicted molar refractivity (Wildman–Crippen MR) is 227 cm³/mol. The van der Waals surface area contributed by atoms with Crippen LogP contribution in [0.5, 0.6) is 0 Å². The lowest BCUT2D eigenvalue weighted by Gasteiger charge is -2.42. The molecule has 0 radical (unpaired) electrons. The van der Waals surface area contributed by atoms with E-state index in [1.165, 1.54) is 34.1 Å². The van der Waals surface area contributed by atoms with Crippen LogP contribution in [0.15, 0.2) is 120 Å². The van der Waals surface area contributed by atoms with Crippen molar-refractivity contribution in [1.29, 1.82) is 10.5 Å². The number of nitriles is 2. The predicted octanol–water partition coefficient (Wildman–Crippen LogP) is 7.61. The minimum Gasteiger partial charge on any atom is -0.347 e. The van der Waals surface area contributed by atoms with E-state index in [2.05, 4.69) is 10.6 Å². The molecule has 4 aromatic rings. The van der Waals surface area contributed by atoms with Crippen LogP contribution in [0.1, 0.15) is 58.3 Å². The first-order valence-electron chi connectivity index (χ1n) is 20.8. The average molecular weight is 908 g/mol. The molecule has 13 nitrogen and oxygen atoms in total. The highest BCUT2D eigenvalue weighted by Gasteiger charge is 2.48. The zero-order valence-electron chi connectivity index (χ0n) is 35.1. The van der Waals surface area contributed by atoms with Crippen molar-refractivity contribution in [2.75, 3.05) is 56.1 Å². The summed E-state index contributed by atoms with van der Waals surface area (Å²) in [6, 6.07) is 22.2. The third-order valence-corrected chi connectivity index (χ3v) is 12.0. The zero-order chi connectivity index (χ0) is 47.1. The number of halogens is 6. The molecule has 19 heteroatoms. The second kappa shape index (κ2) is 17.7. The molecule has 2 N–H and O–H groups in total. The molecular formula is C47H39F6N9O4. The van der Waals surface area contributed by atoms with Gasteiger partial charge in [0.1, 0.15) is 0 Å². The number of urea groups is 2. The van der Waals surface area contributed by atoms with Crippen molar-refractivity contribution in [2.45, 2.75) is 37.3 Å². The van der Waals surface area contributed by atoms with E-state index in [4.69, 9.17) is 0 Å². The fourth-order valence-corrected chi connectivity index (χ4v) is 8.89. The van der Waals surface area contributed by atoms with Crippen molar-refractivity contribution in [1.82, 2.24) is 25.3 Å². The molecule has 4 aliphatic heterocycles. The molecule has 0 unspecified atom stereocenters. The minimum atomic E-state index is -4.70. The Kier molecular flexibility index (Phi) is 12.1. The van der Waals surface area contributed by atoms with Gasteiger partial charge in [-0.05, 0) is 105 Å². The van der Waals surface area contributed by atoms with E-state index in [0.717, 1.165) is 34.1 Å². The lowest BCUT2D eigenvalue weighted by molar-refractivity contribution is -0.138. The third-order valence-electron chi connectivity index (χ3n) is 12.0. The number of carbonyl (C=O) groups excluding carboxylic acids is 4. The second-order valence-electron chi connectivity index (χ2n) is 16.1. The average Bonchev–Trinajstić information content (AvgIpc) is 3.87. The van der Waals surface area contributed by atoms with Gasteiger partial charge in [0.2, 0.25) is 0 Å². The van der Waals surface area contributed by atoms with Crippen LogP contribution in [-0.4, -0.2) is 84.9 Å². The van der Waals surface area contributed by atoms with E-state index in [1.54, 1.807) is 55.6 Å². The standard InChI is InChI=1S/C47H39F6N9O4/c1-58(18-4-20-59-40(30-14-10-28(24-54)11-15-30)38-36(26-56-42(38)63)61(44(59)65)34-8-2-6-32(22-34)46(48,49)50)19-5-21-60-41(31-16-12-29(25-55)13-17-31)39-37(27-57-43(39)64)62(45(60)66)35-9-3-7-33(23-35)47(51,52)53/h2-3,6-17,22-23,40-41H,4-5,18-21,26-27H2,1H3,(H,56,63)(H,57,64)/t40-,41-/m1/s1. The molecule has 0 bridgehead atoms. The summed E-state index contributed by atoms with van der Waals surface area (Å²) in [5.41, 5.74) is 0.394. The molecule has 4 heterocycles. The van der Waals surface area contributed by atoms with E-state index >= 15 is 0 Å². The first-order valence-corrected chi connectivity index (χ1v) is 20.8. The van der Waals surface area contributed by atoms with Crippen molar-refractivity contribution in [3.05, 3.63) is 153 Å². The van der Waals surface area contributed by atoms with Gasteiger partial charge >= 0.3 is 24.4 Å². The summed E-state index contributed by atoms with van der Waals surface area (Å²) in [6.07, 6.45) is -8.79. The van der Waals surface area contributed by atoms with Crippen LogP contribution in [-0.2, 0) is 21.9 Å². The fraction of sp³-hybridized carbons (Fsp3) is 0.277. The Labute approximate surface area is 374 Å². The number of hydrogen-bond donors (Lipinski definition) is 2. The Balaban J connectivity index is 1.03. The maximum atomic E-state index is 14.6. The first-order chi connectivity index (χ1) is 31.5. The number of alkyl halides is 6. The number of anilines is 2. The number of hydrogen-bond acceptors (Lipinski definition) is 7. The van der Waals surface area contributed by atoms with Crippen molar-refractivity contribution in [3.8, 4) is 12.1 Å². The molecule has 0 aliphatic carbocycles. The van der Waals surface area contributed by atoms with Gasteiger partial charge in [-0.25, -0.2) is 9.59 Å². The Morgan fingerprint density at radius 2 is 0.985 bits per heavy atom. The molecule has 4 aromatic carbocycles. The highest BCUT2D eigenvalue weighted by atomic mass is 19.4. The van der Waals surface area contributed by atoms with Gasteiger partial charge in [-0.3, -0.25) is 19.4 Å². The molecule has 0 spiro atoms. The summed E-state index contributed by atoms with van der Waals surface area (Å²) in [5.74, 6) is -0.996. The highest BCUT2D eigenvalue weighted by Crippen LogP contribution is 2.44. The topological polar surface area (TPSA) is 156 Å². The lowest BCUT2D eigenvalue weighted by Crippen LogP contribution is -2.51. The van der Waals surface area contributed by atoms with Crippen molar-refractivity contribution >= 4 is 35.3 Å². The second-order valence-corrected chi connectivity index (χ2v) is 16.1. The number of nitrogens with zero attached hydrogens (tertiary/aromatic N) is 7. The van der Waals surface area contributed by atoms with Gasteiger partial charge < -0.3 is 25.3 Å². The van der Waals surface area contributed by atoms with E-state index in [1.807, 2.05) is 17.0 Å². The normalized spacial score (nSPS) is 18.7. The molecule has 6 amide bonds. The Morgan fingerprint density at radius 3 is 1.33 bits per heavy atom. The van der Waals surface area contributed by atoms with Gasteiger partial charge in [0.15, 0.2) is 0 Å². The fourth-order valence-electron chi connectivity index (χ4n) is 8.89. The van der Waals surface area contributed by atoms with Crippen LogP contribution in [0.4, 0.5) is 47.3 Å². The van der Waals surface area contributed by atoms with Crippen LogP contribution in [0.25, 0.3) is 0 Å². The van der Waals surface area contributed by atoms with Gasteiger partial charge in [-0.1, -0.05) is 36.4 Å². The van der Waals surface area contributed by atoms with E-state index in [9.17, 15) is 56.0 Å². The molecule has 2 atom stereocenters. The number of amides is 6. The number of benzene rings is 4. The van der Waals surface area contributed by atoms with Gasteiger partial charge in [-0.2, -0.15) is 36.9 Å². The maximum absolute atomic E-state index is 14.6. The van der Waals surface area contributed by atoms with Crippen molar-refractivity contribution in [3.63, 3.8) is 0 Å². The van der Waals surface area contributed by atoms with Crippen LogP contribution in [0.2, 0.25) is 0 Å². The maximum Gasteiger partial charge on any atom is 0.416 e. The number of rotatable bonds is 12. The van der Waals surface area contributed by atoms with Gasteiger partial charge in [0.05, 0.1) is 93.5 Å². The molecule has 4 aliphatic rings. The SMILES string of the molecule is CN(CCCN1C(=O)N(c2cccc(C(F)(F)F)c2)C2=C(C(=O)NC2)[C@H]1c1ccc(C#N)cc1)CCCN1C(=O)N(c2cccc(C(F)(F)F)c2)C2=C(C(=O)NC2)[C@H]1c1ccc(C#N)cc1. The molecule has 66 heavy (non-hydrogen) atoms. The van der Waals surface area contributed by atoms with E-state index in [-0.39, 0.29) is 60.1 Å². The molecular weight excluding hydrogens is 869 g/mol. The summed E-state index contributed by atoms with van der Waals surface area (Å²) in [6.45, 7) is 0.574. The Hall–Kier alpha value is -7.64. The molecule has 0 fully saturated rings. The summed E-state index contributed by atoms with van der Waals surface area (Å²) in [5, 5.41) is 24.3. The van der Waals surface area contributed by atoms with E-state index in [0.29, 0.717) is 48.2 Å². The minimum absolute atomic E-state index is 0.0384. The Bertz CT molecular complexity index is 2570. The summed E-state index contributed by atoms with van der Waals surface area (Å²) < 4.78 is 83.2. The first kappa shape index (κ1) is 44.9. The zero-order valence-corrected chi connectivity index (χ0v) is 35.1. The van der Waals surface area contributed by atoms with E-state index < -0.39 is 59.4 Å². The number of nitrogens with one attached hydrogen (secondary N) is 2. The summed E-state index contributed by atoms with van der Waals surface area (Å²) >= 11 is 0. The van der Waals surface area contributed by atoms with Crippen LogP contribution >= 0.6 is 0 Å². The lowest BCUT2D eigenvalue weighted by atomic mass is 9.92. The van der Waals surface area contributed by atoms with Gasteiger partial charge in [0.25, 0.3) is 11.8 Å². The third kappa shape index (κ3) is 8.52. The molecule has 8 rings (SSSR count). The van der Waals surface area contributed by atoms with Crippen molar-refractivity contribution in [2.24, 2.45) is 0 Å². The van der Waals surface area contributed by atoms with Crippen molar-refractivity contribution < 1.29 is 45.5 Å².